The van der Waals surface area contributed by atoms with Crippen LogP contribution in [-0.4, -0.2) is 38.6 Å². The van der Waals surface area contributed by atoms with Gasteiger partial charge in [-0.05, 0) is 63.2 Å². The van der Waals surface area contributed by atoms with E-state index in [9.17, 15) is 4.79 Å². The summed E-state index contributed by atoms with van der Waals surface area (Å²) in [5.74, 6) is 1.40. The van der Waals surface area contributed by atoms with Crippen LogP contribution < -0.4 is 15.5 Å². The first-order valence-corrected chi connectivity index (χ1v) is 9.48. The molecule has 1 atom stereocenters. The molecule has 2 rings (SSSR count). The van der Waals surface area contributed by atoms with Crippen molar-refractivity contribution in [2.75, 3.05) is 37.6 Å². The molecule has 0 radical (unpaired) electrons. The minimum atomic E-state index is 0.212. The predicted octanol–water partition coefficient (Wildman–Crippen LogP) is 3.05. The van der Waals surface area contributed by atoms with E-state index in [0.717, 1.165) is 39.1 Å². The summed E-state index contributed by atoms with van der Waals surface area (Å²) < 4.78 is 0. The number of nitrogens with one attached hydrogen (secondary N) is 2. The van der Waals surface area contributed by atoms with Crippen molar-refractivity contribution in [1.29, 1.82) is 0 Å². The molecule has 1 unspecified atom stereocenters. The molecule has 1 amide bonds. The molecule has 1 heterocycles. The van der Waals surface area contributed by atoms with Crippen LogP contribution in [0.15, 0.2) is 30.3 Å². The van der Waals surface area contributed by atoms with Crippen LogP contribution in [0.25, 0.3) is 0 Å². The first kappa shape index (κ1) is 18.8. The lowest BCUT2D eigenvalue weighted by Gasteiger charge is -2.28. The minimum Gasteiger partial charge on any atom is -0.372 e. The van der Waals surface area contributed by atoms with Crippen LogP contribution in [0.1, 0.15) is 39.5 Å². The molecule has 1 aromatic carbocycles. The van der Waals surface area contributed by atoms with Crippen molar-refractivity contribution < 1.29 is 4.79 Å². The molecule has 1 aromatic rings. The molecule has 134 valence electrons. The number of para-hydroxylation sites is 1. The average molecular weight is 332 g/mol. The highest BCUT2D eigenvalue weighted by Crippen LogP contribution is 2.24. The van der Waals surface area contributed by atoms with Gasteiger partial charge in [0.25, 0.3) is 0 Å². The second-order valence-electron chi connectivity index (χ2n) is 6.89. The van der Waals surface area contributed by atoms with Gasteiger partial charge >= 0.3 is 0 Å². The van der Waals surface area contributed by atoms with Crippen molar-refractivity contribution in [2.45, 2.75) is 39.5 Å². The lowest BCUT2D eigenvalue weighted by Crippen LogP contribution is -2.34. The summed E-state index contributed by atoms with van der Waals surface area (Å²) in [4.78, 5) is 14.5. The van der Waals surface area contributed by atoms with Gasteiger partial charge in [0.2, 0.25) is 5.91 Å². The third-order valence-corrected chi connectivity index (χ3v) is 5.13. The number of amides is 1. The highest BCUT2D eigenvalue weighted by atomic mass is 16.1. The third-order valence-electron chi connectivity index (χ3n) is 5.13. The summed E-state index contributed by atoms with van der Waals surface area (Å²) in [5.41, 5.74) is 1.26. The normalized spacial score (nSPS) is 16.6. The fraction of sp³-hybridized carbons (Fsp3) is 0.650. The van der Waals surface area contributed by atoms with Crippen LogP contribution in [0, 0.1) is 11.8 Å². The Morgan fingerprint density at radius 1 is 1.29 bits per heavy atom. The van der Waals surface area contributed by atoms with Gasteiger partial charge in [-0.25, -0.2) is 0 Å². The molecule has 0 spiro atoms. The first-order chi connectivity index (χ1) is 11.7. The quantitative estimate of drug-likeness (QED) is 0.684. The van der Waals surface area contributed by atoms with E-state index in [1.54, 1.807) is 0 Å². The number of hydrogen-bond acceptors (Lipinski definition) is 3. The van der Waals surface area contributed by atoms with Gasteiger partial charge in [0.1, 0.15) is 0 Å². The van der Waals surface area contributed by atoms with Crippen molar-refractivity contribution >= 4 is 11.6 Å². The molecule has 1 aliphatic rings. The lowest BCUT2D eigenvalue weighted by atomic mass is 9.84. The van der Waals surface area contributed by atoms with E-state index in [1.807, 2.05) is 6.07 Å². The van der Waals surface area contributed by atoms with Crippen molar-refractivity contribution in [1.82, 2.24) is 10.6 Å². The fourth-order valence-corrected chi connectivity index (χ4v) is 3.55. The van der Waals surface area contributed by atoms with E-state index < -0.39 is 0 Å². The summed E-state index contributed by atoms with van der Waals surface area (Å²) in [6, 6.07) is 10.5. The zero-order chi connectivity index (χ0) is 17.2. The monoisotopic (exact) mass is 331 g/mol. The molecular weight excluding hydrogens is 298 g/mol. The molecule has 1 aliphatic heterocycles. The Hall–Kier alpha value is -1.55. The fourth-order valence-electron chi connectivity index (χ4n) is 3.55. The maximum atomic E-state index is 12.1. The first-order valence-electron chi connectivity index (χ1n) is 9.48. The van der Waals surface area contributed by atoms with Crippen molar-refractivity contribution in [3.8, 4) is 0 Å². The molecule has 4 nitrogen and oxygen atoms in total. The molecule has 0 saturated carbocycles. The van der Waals surface area contributed by atoms with Crippen LogP contribution >= 0.6 is 0 Å². The van der Waals surface area contributed by atoms with E-state index >= 15 is 0 Å². The van der Waals surface area contributed by atoms with Crippen LogP contribution in [0.5, 0.6) is 0 Å². The Kier molecular flexibility index (Phi) is 8.10. The van der Waals surface area contributed by atoms with Crippen molar-refractivity contribution in [3.63, 3.8) is 0 Å². The molecule has 0 aliphatic carbocycles. The third kappa shape index (κ3) is 6.16. The number of hydrogen-bond donors (Lipinski definition) is 2. The topological polar surface area (TPSA) is 44.4 Å². The number of carbonyl (C=O) groups is 1. The van der Waals surface area contributed by atoms with Crippen LogP contribution in [0.4, 0.5) is 5.69 Å². The average Bonchev–Trinajstić information content (AvgIpc) is 2.63. The molecular formula is C20H33N3O. The standard InChI is InChI=1S/C20H33N3O/c1-3-23(19-8-5-4-6-9-19)15-7-12-22-20(24)16-17(2)18-10-13-21-14-11-18/h4-6,8-9,17-18,21H,3,7,10-16H2,1-2H3,(H,22,24). The van der Waals surface area contributed by atoms with Gasteiger partial charge in [-0.3, -0.25) is 4.79 Å². The SMILES string of the molecule is CCN(CCCNC(=O)CC(C)C1CCNCC1)c1ccccc1. The molecule has 24 heavy (non-hydrogen) atoms. The highest BCUT2D eigenvalue weighted by molar-refractivity contribution is 5.76. The summed E-state index contributed by atoms with van der Waals surface area (Å²) in [6.07, 6.45) is 4.06. The summed E-state index contributed by atoms with van der Waals surface area (Å²) >= 11 is 0. The molecule has 0 bridgehead atoms. The second-order valence-corrected chi connectivity index (χ2v) is 6.89. The minimum absolute atomic E-state index is 0.212. The largest absolute Gasteiger partial charge is 0.372 e. The Labute approximate surface area is 147 Å². The number of rotatable bonds is 9. The van der Waals surface area contributed by atoms with Gasteiger partial charge in [0.05, 0.1) is 0 Å². The van der Waals surface area contributed by atoms with E-state index in [4.69, 9.17) is 0 Å². The smallest absolute Gasteiger partial charge is 0.220 e. The predicted molar refractivity (Wildman–Crippen MR) is 101 cm³/mol. The zero-order valence-electron chi connectivity index (χ0n) is 15.3. The summed E-state index contributed by atoms with van der Waals surface area (Å²) in [6.45, 7) is 9.33. The van der Waals surface area contributed by atoms with Crippen molar-refractivity contribution in [2.24, 2.45) is 11.8 Å². The molecule has 0 aromatic heterocycles. The van der Waals surface area contributed by atoms with Crippen LogP contribution in [0.2, 0.25) is 0 Å². The van der Waals surface area contributed by atoms with Gasteiger partial charge in [0, 0.05) is 31.7 Å². The molecule has 1 saturated heterocycles. The van der Waals surface area contributed by atoms with Crippen molar-refractivity contribution in [3.05, 3.63) is 30.3 Å². The number of benzene rings is 1. The zero-order valence-corrected chi connectivity index (χ0v) is 15.3. The molecule has 1 fully saturated rings. The van der Waals surface area contributed by atoms with Crippen LogP contribution in [-0.2, 0) is 4.79 Å². The summed E-state index contributed by atoms with van der Waals surface area (Å²) in [5, 5.41) is 6.49. The van der Waals surface area contributed by atoms with Gasteiger partial charge < -0.3 is 15.5 Å². The Morgan fingerprint density at radius 2 is 2.00 bits per heavy atom. The van der Waals surface area contributed by atoms with E-state index in [-0.39, 0.29) is 5.91 Å². The number of carbonyl (C=O) groups excluding carboxylic acids is 1. The maximum absolute atomic E-state index is 12.1. The maximum Gasteiger partial charge on any atom is 0.220 e. The Balaban J connectivity index is 1.63. The Bertz CT molecular complexity index is 471. The number of anilines is 1. The Morgan fingerprint density at radius 3 is 2.67 bits per heavy atom. The summed E-state index contributed by atoms with van der Waals surface area (Å²) in [7, 11) is 0. The van der Waals surface area contributed by atoms with Crippen LogP contribution in [0.3, 0.4) is 0 Å². The van der Waals surface area contributed by atoms with Gasteiger partial charge in [-0.2, -0.15) is 0 Å². The lowest BCUT2D eigenvalue weighted by molar-refractivity contribution is -0.122. The molecule has 2 N–H and O–H groups in total. The number of piperidine rings is 1. The van der Waals surface area contributed by atoms with E-state index in [0.29, 0.717) is 18.3 Å². The van der Waals surface area contributed by atoms with Gasteiger partial charge in [-0.1, -0.05) is 25.1 Å². The number of nitrogens with zero attached hydrogens (tertiary/aromatic N) is 1. The van der Waals surface area contributed by atoms with E-state index in [1.165, 1.54) is 18.5 Å². The highest BCUT2D eigenvalue weighted by Gasteiger charge is 2.21. The van der Waals surface area contributed by atoms with Gasteiger partial charge in [-0.15, -0.1) is 0 Å². The molecule has 4 heteroatoms. The van der Waals surface area contributed by atoms with Gasteiger partial charge in [0.15, 0.2) is 0 Å². The second kappa shape index (κ2) is 10.3. The van der Waals surface area contributed by atoms with E-state index in [2.05, 4.69) is 53.6 Å².